The van der Waals surface area contributed by atoms with E-state index in [0.29, 0.717) is 18.7 Å². The zero-order valence-electron chi connectivity index (χ0n) is 15.3. The van der Waals surface area contributed by atoms with Crippen molar-refractivity contribution < 1.29 is 19.2 Å². The van der Waals surface area contributed by atoms with E-state index in [9.17, 15) is 19.7 Å². The van der Waals surface area contributed by atoms with Crippen LogP contribution in [0.2, 0.25) is 0 Å². The van der Waals surface area contributed by atoms with E-state index < -0.39 is 23.4 Å². The number of hydrogen-bond donors (Lipinski definition) is 1. The van der Waals surface area contributed by atoms with Crippen molar-refractivity contribution in [1.82, 2.24) is 5.32 Å². The summed E-state index contributed by atoms with van der Waals surface area (Å²) in [6, 6.07) is 8.09. The molecule has 9 heteroatoms. The quantitative estimate of drug-likeness (QED) is 0.413. The monoisotopic (exact) mass is 403 g/mol. The molecule has 1 aromatic carbocycles. The fourth-order valence-corrected chi connectivity index (χ4v) is 3.78. The Labute approximate surface area is 166 Å². The molecule has 0 saturated carbocycles. The highest BCUT2D eigenvalue weighted by molar-refractivity contribution is 7.09. The molecule has 28 heavy (non-hydrogen) atoms. The van der Waals surface area contributed by atoms with Gasteiger partial charge in [0.05, 0.1) is 16.2 Å². The lowest BCUT2D eigenvalue weighted by Crippen LogP contribution is -2.30. The van der Waals surface area contributed by atoms with Gasteiger partial charge in [-0.25, -0.2) is 4.79 Å². The second-order valence-electron chi connectivity index (χ2n) is 6.41. The molecule has 0 unspecified atom stereocenters. The number of hydrogen-bond acceptors (Lipinski definition) is 7. The van der Waals surface area contributed by atoms with Crippen LogP contribution in [0.3, 0.4) is 0 Å². The second-order valence-corrected chi connectivity index (χ2v) is 7.44. The molecule has 0 aliphatic carbocycles. The Balaban J connectivity index is 1.59. The molecule has 1 aliphatic heterocycles. The maximum Gasteiger partial charge on any atom is 0.341 e. The third kappa shape index (κ3) is 5.07. The van der Waals surface area contributed by atoms with Gasteiger partial charge in [0.1, 0.15) is 0 Å². The SMILES string of the molecule is O=C(COC(=O)c1cc([N+](=O)[O-])ccc1N1CCCC1)NCCc1cccs1. The maximum absolute atomic E-state index is 12.5. The lowest BCUT2D eigenvalue weighted by molar-refractivity contribution is -0.384. The van der Waals surface area contributed by atoms with E-state index in [0.717, 1.165) is 30.8 Å². The molecule has 1 saturated heterocycles. The summed E-state index contributed by atoms with van der Waals surface area (Å²) in [4.78, 5) is 38.1. The van der Waals surface area contributed by atoms with Crippen LogP contribution in [-0.4, -0.2) is 43.0 Å². The number of carbonyl (C=O) groups excluding carboxylic acids is 2. The first-order valence-corrected chi connectivity index (χ1v) is 9.92. The summed E-state index contributed by atoms with van der Waals surface area (Å²) < 4.78 is 5.11. The number of benzene rings is 1. The summed E-state index contributed by atoms with van der Waals surface area (Å²) in [5.74, 6) is -1.14. The van der Waals surface area contributed by atoms with Gasteiger partial charge in [0, 0.05) is 36.6 Å². The number of thiophene rings is 1. The van der Waals surface area contributed by atoms with Crippen LogP contribution in [0, 0.1) is 10.1 Å². The molecule has 0 spiro atoms. The number of non-ortho nitro benzene ring substituents is 1. The van der Waals surface area contributed by atoms with Gasteiger partial charge < -0.3 is 15.0 Å². The molecular weight excluding hydrogens is 382 g/mol. The van der Waals surface area contributed by atoms with Crippen LogP contribution in [-0.2, 0) is 16.0 Å². The molecule has 1 N–H and O–H groups in total. The van der Waals surface area contributed by atoms with Gasteiger partial charge in [-0.3, -0.25) is 14.9 Å². The minimum Gasteiger partial charge on any atom is -0.452 e. The normalized spacial score (nSPS) is 13.4. The predicted octanol–water partition coefficient (Wildman–Crippen LogP) is 2.77. The van der Waals surface area contributed by atoms with Crippen molar-refractivity contribution >= 4 is 34.6 Å². The van der Waals surface area contributed by atoms with Crippen LogP contribution in [0.15, 0.2) is 35.7 Å². The highest BCUT2D eigenvalue weighted by Gasteiger charge is 2.24. The van der Waals surface area contributed by atoms with Crippen molar-refractivity contribution in [2.45, 2.75) is 19.3 Å². The molecule has 0 radical (unpaired) electrons. The first kappa shape index (κ1) is 19.8. The molecule has 1 aliphatic rings. The molecule has 1 fully saturated rings. The first-order chi connectivity index (χ1) is 13.5. The molecule has 2 heterocycles. The second kappa shape index (κ2) is 9.32. The van der Waals surface area contributed by atoms with E-state index in [4.69, 9.17) is 4.74 Å². The van der Waals surface area contributed by atoms with Crippen molar-refractivity contribution in [2.75, 3.05) is 31.1 Å². The topological polar surface area (TPSA) is 102 Å². The number of nitrogens with zero attached hydrogens (tertiary/aromatic N) is 2. The summed E-state index contributed by atoms with van der Waals surface area (Å²) in [5.41, 5.74) is 0.531. The number of nitro groups is 1. The van der Waals surface area contributed by atoms with E-state index in [1.165, 1.54) is 12.1 Å². The third-order valence-corrected chi connectivity index (χ3v) is 5.40. The average Bonchev–Trinajstić information content (AvgIpc) is 3.39. The number of nitro benzene ring substituents is 1. The lowest BCUT2D eigenvalue weighted by Gasteiger charge is -2.20. The number of esters is 1. The smallest absolute Gasteiger partial charge is 0.341 e. The summed E-state index contributed by atoms with van der Waals surface area (Å²) in [6.07, 6.45) is 2.71. The number of rotatable bonds is 8. The van der Waals surface area contributed by atoms with E-state index in [1.807, 2.05) is 22.4 Å². The molecule has 8 nitrogen and oxygen atoms in total. The number of ether oxygens (including phenoxy) is 1. The van der Waals surface area contributed by atoms with Crippen molar-refractivity contribution in [3.05, 3.63) is 56.3 Å². The summed E-state index contributed by atoms with van der Waals surface area (Å²) >= 11 is 1.61. The Kier molecular flexibility index (Phi) is 6.59. The standard InChI is InChI=1S/C19H21N3O5S/c23-18(20-8-7-15-4-3-11-28-15)13-27-19(24)16-12-14(22(25)26)5-6-17(16)21-9-1-2-10-21/h3-6,11-12H,1-2,7-10,13H2,(H,20,23). The first-order valence-electron chi connectivity index (χ1n) is 9.04. The number of amides is 1. The average molecular weight is 403 g/mol. The summed E-state index contributed by atoms with van der Waals surface area (Å²) in [5, 5.41) is 15.7. The Morgan fingerprint density at radius 2 is 2.04 bits per heavy atom. The third-order valence-electron chi connectivity index (χ3n) is 4.47. The van der Waals surface area contributed by atoms with Gasteiger partial charge in [-0.2, -0.15) is 0 Å². The van der Waals surface area contributed by atoms with Crippen LogP contribution in [0.4, 0.5) is 11.4 Å². The van der Waals surface area contributed by atoms with Gasteiger partial charge in [0.25, 0.3) is 11.6 Å². The Bertz CT molecular complexity index is 847. The van der Waals surface area contributed by atoms with Gasteiger partial charge in [0.15, 0.2) is 6.61 Å². The molecule has 0 atom stereocenters. The number of carbonyl (C=O) groups is 2. The Morgan fingerprint density at radius 1 is 1.25 bits per heavy atom. The minimum atomic E-state index is -0.737. The van der Waals surface area contributed by atoms with Crippen molar-refractivity contribution in [3.8, 4) is 0 Å². The van der Waals surface area contributed by atoms with Gasteiger partial charge in [-0.15, -0.1) is 11.3 Å². The summed E-state index contributed by atoms with van der Waals surface area (Å²) in [7, 11) is 0. The van der Waals surface area contributed by atoms with Crippen LogP contribution in [0.1, 0.15) is 28.1 Å². The van der Waals surface area contributed by atoms with Gasteiger partial charge >= 0.3 is 5.97 Å². The maximum atomic E-state index is 12.5. The van der Waals surface area contributed by atoms with E-state index in [2.05, 4.69) is 5.32 Å². The van der Waals surface area contributed by atoms with Crippen molar-refractivity contribution in [1.29, 1.82) is 0 Å². The highest BCUT2D eigenvalue weighted by Crippen LogP contribution is 2.28. The lowest BCUT2D eigenvalue weighted by atomic mass is 10.1. The van der Waals surface area contributed by atoms with E-state index >= 15 is 0 Å². The van der Waals surface area contributed by atoms with Crippen LogP contribution in [0.25, 0.3) is 0 Å². The largest absolute Gasteiger partial charge is 0.452 e. The van der Waals surface area contributed by atoms with E-state index in [1.54, 1.807) is 17.4 Å². The summed E-state index contributed by atoms with van der Waals surface area (Å²) in [6.45, 7) is 1.58. The van der Waals surface area contributed by atoms with E-state index in [-0.39, 0.29) is 11.3 Å². The molecule has 1 aromatic heterocycles. The zero-order valence-corrected chi connectivity index (χ0v) is 16.1. The fourth-order valence-electron chi connectivity index (χ4n) is 3.07. The highest BCUT2D eigenvalue weighted by atomic mass is 32.1. The molecule has 3 rings (SSSR count). The van der Waals surface area contributed by atoms with Crippen molar-refractivity contribution in [3.63, 3.8) is 0 Å². The van der Waals surface area contributed by atoms with Crippen LogP contribution >= 0.6 is 11.3 Å². The minimum absolute atomic E-state index is 0.113. The van der Waals surface area contributed by atoms with Gasteiger partial charge in [0.2, 0.25) is 0 Å². The fraction of sp³-hybridized carbons (Fsp3) is 0.368. The number of nitrogens with one attached hydrogen (secondary N) is 1. The predicted molar refractivity (Wildman–Crippen MR) is 106 cm³/mol. The van der Waals surface area contributed by atoms with Gasteiger partial charge in [-0.1, -0.05) is 6.07 Å². The van der Waals surface area contributed by atoms with Gasteiger partial charge in [-0.05, 0) is 36.8 Å². The van der Waals surface area contributed by atoms with Crippen molar-refractivity contribution in [2.24, 2.45) is 0 Å². The Hall–Kier alpha value is -2.94. The molecule has 0 bridgehead atoms. The van der Waals surface area contributed by atoms with Crippen LogP contribution < -0.4 is 10.2 Å². The number of anilines is 1. The molecule has 2 aromatic rings. The zero-order chi connectivity index (χ0) is 19.9. The molecular formula is C19H21N3O5S. The Morgan fingerprint density at radius 3 is 2.71 bits per heavy atom. The molecule has 1 amide bonds. The van der Waals surface area contributed by atoms with Crippen LogP contribution in [0.5, 0.6) is 0 Å². The molecule has 148 valence electrons.